The van der Waals surface area contributed by atoms with E-state index in [-0.39, 0.29) is 5.76 Å². The molecule has 1 aromatic carbocycles. The van der Waals surface area contributed by atoms with E-state index < -0.39 is 5.97 Å². The van der Waals surface area contributed by atoms with Crippen molar-refractivity contribution in [2.24, 2.45) is 0 Å². The number of benzene rings is 1. The Morgan fingerprint density at radius 2 is 2.28 bits per heavy atom. The second kappa shape index (κ2) is 4.92. The normalized spacial score (nSPS) is 10.3. The molecule has 2 rings (SSSR count). The first kappa shape index (κ1) is 12.2. The van der Waals surface area contributed by atoms with Gasteiger partial charge in [-0.1, -0.05) is 6.07 Å². The van der Waals surface area contributed by atoms with Crippen molar-refractivity contribution in [3.8, 4) is 6.07 Å². The summed E-state index contributed by atoms with van der Waals surface area (Å²) in [5, 5.41) is 9.53. The fourth-order valence-electron chi connectivity index (χ4n) is 1.86. The SMILES string of the molecule is CCOC(=O)c1oc2ccc(CC#N)cc2c1C. The number of aryl methyl sites for hydroxylation is 1. The summed E-state index contributed by atoms with van der Waals surface area (Å²) in [7, 11) is 0. The summed E-state index contributed by atoms with van der Waals surface area (Å²) in [5.74, 6) is -0.214. The summed E-state index contributed by atoms with van der Waals surface area (Å²) in [6.07, 6.45) is 0.343. The molecule has 0 saturated carbocycles. The number of hydrogen-bond acceptors (Lipinski definition) is 4. The summed E-state index contributed by atoms with van der Waals surface area (Å²) in [6.45, 7) is 3.88. The van der Waals surface area contributed by atoms with Crippen molar-refractivity contribution in [1.29, 1.82) is 5.26 Å². The Balaban J connectivity index is 2.50. The van der Waals surface area contributed by atoms with E-state index in [0.717, 1.165) is 16.5 Å². The summed E-state index contributed by atoms with van der Waals surface area (Å²) in [5.41, 5.74) is 2.30. The molecule has 2 aromatic rings. The average molecular weight is 243 g/mol. The lowest BCUT2D eigenvalue weighted by atomic mass is 10.1. The third-order valence-corrected chi connectivity index (χ3v) is 2.74. The average Bonchev–Trinajstić information content (AvgIpc) is 2.68. The van der Waals surface area contributed by atoms with Gasteiger partial charge >= 0.3 is 5.97 Å². The van der Waals surface area contributed by atoms with Crippen molar-refractivity contribution in [2.45, 2.75) is 20.3 Å². The molecule has 0 aliphatic carbocycles. The molecule has 4 heteroatoms. The van der Waals surface area contributed by atoms with Gasteiger partial charge in [-0.05, 0) is 31.5 Å². The predicted molar refractivity (Wildman–Crippen MR) is 66.2 cm³/mol. The first-order valence-electron chi connectivity index (χ1n) is 5.73. The fourth-order valence-corrected chi connectivity index (χ4v) is 1.86. The van der Waals surface area contributed by atoms with Crippen molar-refractivity contribution in [3.05, 3.63) is 35.1 Å². The highest BCUT2D eigenvalue weighted by Gasteiger charge is 2.18. The molecule has 92 valence electrons. The van der Waals surface area contributed by atoms with Gasteiger partial charge in [-0.25, -0.2) is 4.79 Å². The van der Waals surface area contributed by atoms with Crippen LogP contribution in [0.5, 0.6) is 0 Å². The second-order valence-corrected chi connectivity index (χ2v) is 3.94. The maximum Gasteiger partial charge on any atom is 0.374 e. The number of nitrogens with zero attached hydrogens (tertiary/aromatic N) is 1. The van der Waals surface area contributed by atoms with Crippen LogP contribution in [0.15, 0.2) is 22.6 Å². The molecular weight excluding hydrogens is 230 g/mol. The number of hydrogen-bond donors (Lipinski definition) is 0. The number of carbonyl (C=O) groups excluding carboxylic acids is 1. The maximum absolute atomic E-state index is 11.7. The zero-order chi connectivity index (χ0) is 13.1. The van der Waals surface area contributed by atoms with Gasteiger partial charge in [0.1, 0.15) is 5.58 Å². The minimum Gasteiger partial charge on any atom is -0.460 e. The number of esters is 1. The number of rotatable bonds is 3. The second-order valence-electron chi connectivity index (χ2n) is 3.94. The van der Waals surface area contributed by atoms with E-state index in [1.54, 1.807) is 13.0 Å². The molecule has 0 radical (unpaired) electrons. The van der Waals surface area contributed by atoms with E-state index in [2.05, 4.69) is 6.07 Å². The van der Waals surface area contributed by atoms with Gasteiger partial charge in [0.2, 0.25) is 5.76 Å². The minimum atomic E-state index is -0.451. The molecule has 0 unspecified atom stereocenters. The van der Waals surface area contributed by atoms with Crippen LogP contribution in [-0.4, -0.2) is 12.6 Å². The first-order valence-corrected chi connectivity index (χ1v) is 5.73. The van der Waals surface area contributed by atoms with Gasteiger partial charge in [-0.3, -0.25) is 0 Å². The Bertz CT molecular complexity index is 634. The summed E-state index contributed by atoms with van der Waals surface area (Å²) < 4.78 is 10.4. The van der Waals surface area contributed by atoms with Crippen LogP contribution >= 0.6 is 0 Å². The van der Waals surface area contributed by atoms with Crippen LogP contribution in [0.25, 0.3) is 11.0 Å². The van der Waals surface area contributed by atoms with Gasteiger partial charge in [0, 0.05) is 10.9 Å². The van der Waals surface area contributed by atoms with Crippen LogP contribution in [0.3, 0.4) is 0 Å². The lowest BCUT2D eigenvalue weighted by Crippen LogP contribution is -2.04. The number of nitriles is 1. The molecule has 0 aliphatic rings. The van der Waals surface area contributed by atoms with E-state index in [1.165, 1.54) is 0 Å². The van der Waals surface area contributed by atoms with E-state index in [0.29, 0.717) is 18.6 Å². The molecule has 0 bridgehead atoms. The predicted octanol–water partition coefficient (Wildman–Crippen LogP) is 2.98. The summed E-state index contributed by atoms with van der Waals surface area (Å²) in [6, 6.07) is 7.57. The van der Waals surface area contributed by atoms with Crippen molar-refractivity contribution < 1.29 is 13.9 Å². The Morgan fingerprint density at radius 3 is 2.94 bits per heavy atom. The Kier molecular flexibility index (Phi) is 3.33. The van der Waals surface area contributed by atoms with Crippen LogP contribution in [0, 0.1) is 18.3 Å². The monoisotopic (exact) mass is 243 g/mol. The number of furan rings is 1. The van der Waals surface area contributed by atoms with E-state index in [4.69, 9.17) is 14.4 Å². The van der Waals surface area contributed by atoms with Gasteiger partial charge in [-0.2, -0.15) is 5.26 Å². The highest BCUT2D eigenvalue weighted by atomic mass is 16.5. The van der Waals surface area contributed by atoms with Gasteiger partial charge < -0.3 is 9.15 Å². The first-order chi connectivity index (χ1) is 8.67. The quantitative estimate of drug-likeness (QED) is 0.777. The third kappa shape index (κ3) is 2.07. The molecule has 0 atom stereocenters. The van der Waals surface area contributed by atoms with Gasteiger partial charge in [0.15, 0.2) is 0 Å². The molecule has 0 amide bonds. The van der Waals surface area contributed by atoms with Crippen molar-refractivity contribution >= 4 is 16.9 Å². The molecular formula is C14H13NO3. The Labute approximate surface area is 105 Å². The number of ether oxygens (including phenoxy) is 1. The van der Waals surface area contributed by atoms with Crippen molar-refractivity contribution in [1.82, 2.24) is 0 Å². The van der Waals surface area contributed by atoms with Gasteiger partial charge in [0.25, 0.3) is 0 Å². The Morgan fingerprint density at radius 1 is 1.50 bits per heavy atom. The molecule has 0 fully saturated rings. The smallest absolute Gasteiger partial charge is 0.374 e. The third-order valence-electron chi connectivity index (χ3n) is 2.74. The molecule has 0 aliphatic heterocycles. The van der Waals surface area contributed by atoms with Crippen LogP contribution in [0.2, 0.25) is 0 Å². The number of fused-ring (bicyclic) bond motifs is 1. The molecule has 0 N–H and O–H groups in total. The maximum atomic E-state index is 11.7. The molecule has 0 saturated heterocycles. The van der Waals surface area contributed by atoms with Gasteiger partial charge in [0.05, 0.1) is 19.1 Å². The number of carbonyl (C=O) groups is 1. The minimum absolute atomic E-state index is 0.237. The van der Waals surface area contributed by atoms with Crippen LogP contribution in [-0.2, 0) is 11.2 Å². The van der Waals surface area contributed by atoms with Crippen LogP contribution in [0.4, 0.5) is 0 Å². The molecule has 4 nitrogen and oxygen atoms in total. The Hall–Kier alpha value is -2.28. The molecule has 1 heterocycles. The highest BCUT2D eigenvalue weighted by molar-refractivity contribution is 5.96. The standard InChI is InChI=1S/C14H13NO3/c1-3-17-14(16)13-9(2)11-8-10(6-7-15)4-5-12(11)18-13/h4-5,8H,3,6H2,1-2H3. The zero-order valence-corrected chi connectivity index (χ0v) is 10.3. The van der Waals surface area contributed by atoms with Crippen LogP contribution in [0.1, 0.15) is 28.6 Å². The zero-order valence-electron chi connectivity index (χ0n) is 10.3. The summed E-state index contributed by atoms with van der Waals surface area (Å²) >= 11 is 0. The lowest BCUT2D eigenvalue weighted by Gasteiger charge is -1.98. The van der Waals surface area contributed by atoms with E-state index in [9.17, 15) is 4.79 Å². The van der Waals surface area contributed by atoms with E-state index >= 15 is 0 Å². The molecule has 18 heavy (non-hydrogen) atoms. The highest BCUT2D eigenvalue weighted by Crippen LogP contribution is 2.27. The summed E-state index contributed by atoms with van der Waals surface area (Å²) in [4.78, 5) is 11.7. The van der Waals surface area contributed by atoms with Gasteiger partial charge in [-0.15, -0.1) is 0 Å². The topological polar surface area (TPSA) is 63.2 Å². The largest absolute Gasteiger partial charge is 0.460 e. The van der Waals surface area contributed by atoms with Crippen molar-refractivity contribution in [3.63, 3.8) is 0 Å². The van der Waals surface area contributed by atoms with Crippen molar-refractivity contribution in [2.75, 3.05) is 6.61 Å². The lowest BCUT2D eigenvalue weighted by molar-refractivity contribution is 0.0491. The molecule has 0 spiro atoms. The van der Waals surface area contributed by atoms with Crippen LogP contribution < -0.4 is 0 Å². The van der Waals surface area contributed by atoms with E-state index in [1.807, 2.05) is 19.1 Å². The molecule has 1 aromatic heterocycles. The fraction of sp³-hybridized carbons (Fsp3) is 0.286.